The van der Waals surface area contributed by atoms with Crippen molar-refractivity contribution in [1.29, 1.82) is 0 Å². The highest BCUT2D eigenvalue weighted by Gasteiger charge is 2.22. The molecule has 112 valence electrons. The molecule has 4 heteroatoms. The van der Waals surface area contributed by atoms with Crippen LogP contribution in [0.15, 0.2) is 40.9 Å². The van der Waals surface area contributed by atoms with Gasteiger partial charge in [-0.2, -0.15) is 0 Å². The first kappa shape index (κ1) is 14.1. The lowest BCUT2D eigenvalue weighted by Crippen LogP contribution is -2.43. The summed E-state index contributed by atoms with van der Waals surface area (Å²) in [6, 6.07) is 11.0. The second kappa shape index (κ2) is 6.31. The number of nitrogens with zero attached hydrogens (tertiary/aromatic N) is 2. The number of nitrogens with one attached hydrogen (secondary N) is 1. The zero-order valence-electron chi connectivity index (χ0n) is 12.7. The molecule has 0 radical (unpaired) electrons. The quantitative estimate of drug-likeness (QED) is 0.936. The maximum Gasteiger partial charge on any atom is 0.128 e. The molecule has 3 heterocycles. The Morgan fingerprint density at radius 3 is 2.67 bits per heavy atom. The minimum Gasteiger partial charge on any atom is -0.465 e. The third-order valence-electron chi connectivity index (χ3n) is 4.14. The van der Waals surface area contributed by atoms with Gasteiger partial charge in [-0.3, -0.25) is 0 Å². The largest absolute Gasteiger partial charge is 0.465 e. The van der Waals surface area contributed by atoms with Crippen LogP contribution in [0.2, 0.25) is 0 Å². The first-order chi connectivity index (χ1) is 10.2. The Morgan fingerprint density at radius 1 is 1.24 bits per heavy atom. The summed E-state index contributed by atoms with van der Waals surface area (Å²) in [5.41, 5.74) is 0. The molecule has 1 aliphatic heterocycles. The first-order valence-corrected chi connectivity index (χ1v) is 7.71. The Morgan fingerprint density at radius 2 is 2.05 bits per heavy atom. The van der Waals surface area contributed by atoms with Gasteiger partial charge in [0.25, 0.3) is 0 Å². The lowest BCUT2D eigenvalue weighted by molar-refractivity contribution is 0.342. The van der Waals surface area contributed by atoms with E-state index in [1.54, 1.807) is 0 Å². The predicted molar refractivity (Wildman–Crippen MR) is 84.5 cm³/mol. The van der Waals surface area contributed by atoms with E-state index in [0.717, 1.165) is 43.3 Å². The normalized spacial score (nSPS) is 17.9. The van der Waals surface area contributed by atoms with Crippen molar-refractivity contribution in [1.82, 2.24) is 10.3 Å². The molecule has 0 saturated carbocycles. The van der Waals surface area contributed by atoms with Crippen LogP contribution >= 0.6 is 0 Å². The number of aryl methyl sites for hydroxylation is 1. The van der Waals surface area contributed by atoms with Gasteiger partial charge in [-0.1, -0.05) is 6.07 Å². The van der Waals surface area contributed by atoms with Crippen LogP contribution in [0.3, 0.4) is 0 Å². The van der Waals surface area contributed by atoms with Crippen LogP contribution in [0.1, 0.15) is 37.3 Å². The molecule has 2 aromatic rings. The lowest BCUT2D eigenvalue weighted by Gasteiger charge is -2.34. The fraction of sp³-hybridized carbons (Fsp3) is 0.471. The lowest BCUT2D eigenvalue weighted by atomic mass is 10.0. The summed E-state index contributed by atoms with van der Waals surface area (Å²) in [6.45, 7) is 6.27. The molecular formula is C17H23N3O. The molecule has 0 amide bonds. The van der Waals surface area contributed by atoms with Crippen LogP contribution < -0.4 is 10.2 Å². The summed E-state index contributed by atoms with van der Waals surface area (Å²) in [5.74, 6) is 3.09. The highest BCUT2D eigenvalue weighted by molar-refractivity contribution is 5.38. The summed E-state index contributed by atoms with van der Waals surface area (Å²) in [4.78, 5) is 6.79. The summed E-state index contributed by atoms with van der Waals surface area (Å²) in [7, 11) is 0. The molecule has 0 aromatic carbocycles. The molecule has 21 heavy (non-hydrogen) atoms. The van der Waals surface area contributed by atoms with Gasteiger partial charge < -0.3 is 14.6 Å². The van der Waals surface area contributed by atoms with E-state index in [1.165, 1.54) is 0 Å². The van der Waals surface area contributed by atoms with E-state index in [1.807, 2.05) is 31.3 Å². The number of hydrogen-bond donors (Lipinski definition) is 1. The Kier molecular flexibility index (Phi) is 4.25. The van der Waals surface area contributed by atoms with Crippen LogP contribution in [0, 0.1) is 6.92 Å². The van der Waals surface area contributed by atoms with Crippen molar-refractivity contribution >= 4 is 5.82 Å². The van der Waals surface area contributed by atoms with Crippen LogP contribution in [-0.4, -0.2) is 24.1 Å². The second-order valence-corrected chi connectivity index (χ2v) is 5.79. The van der Waals surface area contributed by atoms with Gasteiger partial charge in [0.1, 0.15) is 17.3 Å². The van der Waals surface area contributed by atoms with Crippen molar-refractivity contribution in [3.8, 4) is 0 Å². The average molecular weight is 285 g/mol. The van der Waals surface area contributed by atoms with Crippen LogP contribution in [0.5, 0.6) is 0 Å². The molecule has 2 aromatic heterocycles. The number of hydrogen-bond acceptors (Lipinski definition) is 4. The molecule has 1 unspecified atom stereocenters. The molecule has 4 nitrogen and oxygen atoms in total. The summed E-state index contributed by atoms with van der Waals surface area (Å²) < 4.78 is 5.69. The standard InChI is InChI=1S/C17H23N3O/c1-13-6-7-16(21-13)14(2)19-15-8-11-20(12-9-15)17-5-3-4-10-18-17/h3-7,10,14-15,19H,8-9,11-12H2,1-2H3. The van der Waals surface area contributed by atoms with Crippen molar-refractivity contribution in [2.24, 2.45) is 0 Å². The smallest absolute Gasteiger partial charge is 0.128 e. The molecule has 1 saturated heterocycles. The topological polar surface area (TPSA) is 41.3 Å². The summed E-state index contributed by atoms with van der Waals surface area (Å²) in [6.07, 6.45) is 4.14. The molecule has 1 fully saturated rings. The number of piperidine rings is 1. The molecule has 3 rings (SSSR count). The van der Waals surface area contributed by atoms with Gasteiger partial charge in [0, 0.05) is 25.3 Å². The van der Waals surface area contributed by atoms with Crippen molar-refractivity contribution in [3.63, 3.8) is 0 Å². The Bertz CT molecular complexity index is 558. The van der Waals surface area contributed by atoms with Gasteiger partial charge in [-0.05, 0) is 51.0 Å². The third-order valence-corrected chi connectivity index (χ3v) is 4.14. The minimum absolute atomic E-state index is 0.269. The van der Waals surface area contributed by atoms with Crippen molar-refractivity contribution in [2.75, 3.05) is 18.0 Å². The van der Waals surface area contributed by atoms with E-state index in [2.05, 4.69) is 34.3 Å². The van der Waals surface area contributed by atoms with Crippen molar-refractivity contribution in [3.05, 3.63) is 48.0 Å². The van der Waals surface area contributed by atoms with Crippen molar-refractivity contribution < 1.29 is 4.42 Å². The number of furan rings is 1. The Balaban J connectivity index is 1.52. The highest BCUT2D eigenvalue weighted by Crippen LogP contribution is 2.21. The van der Waals surface area contributed by atoms with E-state index in [9.17, 15) is 0 Å². The number of pyridine rings is 1. The highest BCUT2D eigenvalue weighted by atomic mass is 16.3. The van der Waals surface area contributed by atoms with Gasteiger partial charge in [-0.15, -0.1) is 0 Å². The predicted octanol–water partition coefficient (Wildman–Crippen LogP) is 3.30. The summed E-state index contributed by atoms with van der Waals surface area (Å²) >= 11 is 0. The second-order valence-electron chi connectivity index (χ2n) is 5.79. The van der Waals surface area contributed by atoms with E-state index in [-0.39, 0.29) is 6.04 Å². The molecule has 0 aliphatic carbocycles. The van der Waals surface area contributed by atoms with E-state index in [0.29, 0.717) is 6.04 Å². The molecule has 1 aliphatic rings. The molecule has 0 spiro atoms. The van der Waals surface area contributed by atoms with Gasteiger partial charge in [0.2, 0.25) is 0 Å². The van der Waals surface area contributed by atoms with Gasteiger partial charge >= 0.3 is 0 Å². The molecular weight excluding hydrogens is 262 g/mol. The van der Waals surface area contributed by atoms with E-state index < -0.39 is 0 Å². The zero-order valence-corrected chi connectivity index (χ0v) is 12.7. The fourth-order valence-corrected chi connectivity index (χ4v) is 2.94. The zero-order chi connectivity index (χ0) is 14.7. The number of rotatable bonds is 4. The number of aromatic nitrogens is 1. The van der Waals surface area contributed by atoms with E-state index >= 15 is 0 Å². The molecule has 1 atom stereocenters. The minimum atomic E-state index is 0.269. The molecule has 0 bridgehead atoms. The SMILES string of the molecule is Cc1ccc(C(C)NC2CCN(c3ccccn3)CC2)o1. The van der Waals surface area contributed by atoms with E-state index in [4.69, 9.17) is 4.42 Å². The van der Waals surface area contributed by atoms with Crippen LogP contribution in [0.4, 0.5) is 5.82 Å². The fourth-order valence-electron chi connectivity index (χ4n) is 2.94. The first-order valence-electron chi connectivity index (χ1n) is 7.71. The van der Waals surface area contributed by atoms with Gasteiger partial charge in [-0.25, -0.2) is 4.98 Å². The summed E-state index contributed by atoms with van der Waals surface area (Å²) in [5, 5.41) is 3.68. The maximum atomic E-state index is 5.69. The van der Waals surface area contributed by atoms with Gasteiger partial charge in [0.05, 0.1) is 6.04 Å². The maximum absolute atomic E-state index is 5.69. The van der Waals surface area contributed by atoms with Gasteiger partial charge in [0.15, 0.2) is 0 Å². The third kappa shape index (κ3) is 3.45. The monoisotopic (exact) mass is 285 g/mol. The molecule has 1 N–H and O–H groups in total. The van der Waals surface area contributed by atoms with Crippen LogP contribution in [0.25, 0.3) is 0 Å². The Hall–Kier alpha value is -1.81. The average Bonchev–Trinajstić information content (AvgIpc) is 2.96. The van der Waals surface area contributed by atoms with Crippen molar-refractivity contribution in [2.45, 2.75) is 38.8 Å². The number of anilines is 1. The Labute approximate surface area is 126 Å². The van der Waals surface area contributed by atoms with Crippen LogP contribution in [-0.2, 0) is 0 Å².